The van der Waals surface area contributed by atoms with Gasteiger partial charge in [-0.25, -0.2) is 0 Å². The molecular weight excluding hydrogens is 180 g/mol. The summed E-state index contributed by atoms with van der Waals surface area (Å²) in [5, 5.41) is 0. The molecule has 0 atom stereocenters. The van der Waals surface area contributed by atoms with E-state index in [0.717, 1.165) is 6.21 Å². The second-order valence-electron chi connectivity index (χ2n) is 2.57. The number of rotatable bonds is 4. The number of ether oxygens (including phenoxy) is 1. The minimum Gasteiger partial charge on any atom is -0.494 e. The van der Waals surface area contributed by atoms with Crippen molar-refractivity contribution in [1.82, 2.24) is 0 Å². The Morgan fingerprint density at radius 2 is 2.14 bits per heavy atom. The van der Waals surface area contributed by atoms with Crippen molar-refractivity contribution in [2.24, 2.45) is 0 Å². The van der Waals surface area contributed by atoms with Gasteiger partial charge in [0, 0.05) is 5.56 Å². The van der Waals surface area contributed by atoms with Crippen LogP contribution in [0.15, 0.2) is 24.3 Å². The van der Waals surface area contributed by atoms with Crippen molar-refractivity contribution in [2.75, 3.05) is 6.61 Å². The molecule has 4 nitrogen and oxygen atoms in total. The highest BCUT2D eigenvalue weighted by Gasteiger charge is 2.05. The van der Waals surface area contributed by atoms with Gasteiger partial charge in [0.05, 0.1) is 6.61 Å². The zero-order valence-corrected chi connectivity index (χ0v) is 7.80. The number of benzene rings is 1. The van der Waals surface area contributed by atoms with Gasteiger partial charge in [-0.1, -0.05) is 0 Å². The number of Topliss-reactive ketones (excluding diaryl/α,β-unsaturated/α-hetero) is 1. The molecule has 0 amide bonds. The Balaban J connectivity index is 2.82. The van der Waals surface area contributed by atoms with E-state index in [9.17, 15) is 4.79 Å². The summed E-state index contributed by atoms with van der Waals surface area (Å²) in [6.45, 7) is 2.48. The summed E-state index contributed by atoms with van der Waals surface area (Å²) < 4.78 is 5.21. The minimum absolute atomic E-state index is 0.337. The fraction of sp³-hybridized carbons (Fsp3) is 0.200. The second kappa shape index (κ2) is 4.94. The molecule has 0 bridgehead atoms. The third-order valence-corrected chi connectivity index (χ3v) is 1.62. The van der Waals surface area contributed by atoms with Gasteiger partial charge in [-0.05, 0) is 31.2 Å². The van der Waals surface area contributed by atoms with Crippen molar-refractivity contribution in [3.05, 3.63) is 35.4 Å². The Kier molecular flexibility index (Phi) is 3.58. The van der Waals surface area contributed by atoms with Crippen LogP contribution < -0.4 is 4.74 Å². The van der Waals surface area contributed by atoms with E-state index in [0.29, 0.717) is 17.9 Å². The summed E-state index contributed by atoms with van der Waals surface area (Å²) >= 11 is 0. The van der Waals surface area contributed by atoms with Crippen LogP contribution in [0.4, 0.5) is 0 Å². The minimum atomic E-state index is -0.337. The highest BCUT2D eigenvalue weighted by molar-refractivity contribution is 6.33. The van der Waals surface area contributed by atoms with Gasteiger partial charge < -0.3 is 10.3 Å². The highest BCUT2D eigenvalue weighted by atomic mass is 16.5. The van der Waals surface area contributed by atoms with Gasteiger partial charge in [0.25, 0.3) is 5.78 Å². The molecule has 0 saturated carbocycles. The van der Waals surface area contributed by atoms with Crippen LogP contribution in [0, 0.1) is 0 Å². The molecule has 0 spiro atoms. The Bertz CT molecular complexity index is 364. The number of hydrogen-bond donors (Lipinski definition) is 0. The average molecular weight is 190 g/mol. The maximum Gasteiger partial charge on any atom is 0.328 e. The van der Waals surface area contributed by atoms with E-state index in [4.69, 9.17) is 10.3 Å². The molecule has 0 aromatic heterocycles. The smallest absolute Gasteiger partial charge is 0.328 e. The van der Waals surface area contributed by atoms with E-state index in [-0.39, 0.29) is 5.78 Å². The summed E-state index contributed by atoms with van der Waals surface area (Å²) in [5.41, 5.74) is 8.62. The van der Waals surface area contributed by atoms with Crippen molar-refractivity contribution in [3.8, 4) is 5.75 Å². The fourth-order valence-corrected chi connectivity index (χ4v) is 1.01. The lowest BCUT2D eigenvalue weighted by Crippen LogP contribution is -2.00. The number of ketones is 1. The Labute approximate surface area is 81.7 Å². The molecule has 0 heterocycles. The first-order chi connectivity index (χ1) is 6.77. The van der Waals surface area contributed by atoms with Crippen LogP contribution in [0.3, 0.4) is 0 Å². The third-order valence-electron chi connectivity index (χ3n) is 1.62. The number of nitrogens with zero attached hydrogens (tertiary/aromatic N) is 2. The second-order valence-corrected chi connectivity index (χ2v) is 2.57. The third kappa shape index (κ3) is 2.54. The fourth-order valence-electron chi connectivity index (χ4n) is 1.01. The largest absolute Gasteiger partial charge is 0.494 e. The van der Waals surface area contributed by atoms with Crippen molar-refractivity contribution in [2.45, 2.75) is 6.92 Å². The zero-order valence-electron chi connectivity index (χ0n) is 7.80. The Hall–Kier alpha value is -1.93. The van der Waals surface area contributed by atoms with Crippen LogP contribution in [-0.2, 0) is 0 Å². The molecule has 0 saturated heterocycles. The lowest BCUT2D eigenvalue weighted by atomic mass is 10.1. The summed E-state index contributed by atoms with van der Waals surface area (Å²) in [7, 11) is 0. The van der Waals surface area contributed by atoms with Gasteiger partial charge in [0.2, 0.25) is 0 Å². The molecule has 0 unspecified atom stereocenters. The Morgan fingerprint density at radius 1 is 1.50 bits per heavy atom. The highest BCUT2D eigenvalue weighted by Crippen LogP contribution is 2.11. The molecular formula is C10H10N2O2. The van der Waals surface area contributed by atoms with Crippen LogP contribution in [-0.4, -0.2) is 23.4 Å². The number of carbonyl (C=O) groups is 1. The number of hydrogen-bond acceptors (Lipinski definition) is 2. The van der Waals surface area contributed by atoms with Crippen LogP contribution >= 0.6 is 0 Å². The number of carbonyl (C=O) groups excluding carboxylic acids is 1. The molecule has 0 aliphatic heterocycles. The molecule has 1 aromatic rings. The van der Waals surface area contributed by atoms with Crippen LogP contribution in [0.1, 0.15) is 17.3 Å². The average Bonchev–Trinajstić information content (AvgIpc) is 2.20. The predicted molar refractivity (Wildman–Crippen MR) is 51.6 cm³/mol. The zero-order chi connectivity index (χ0) is 10.4. The first-order valence-corrected chi connectivity index (χ1v) is 4.22. The quantitative estimate of drug-likeness (QED) is 0.313. The van der Waals surface area contributed by atoms with Gasteiger partial charge in [-0.15, -0.1) is 0 Å². The van der Waals surface area contributed by atoms with E-state index >= 15 is 0 Å². The molecule has 1 rings (SSSR count). The summed E-state index contributed by atoms with van der Waals surface area (Å²) in [6, 6.07) is 6.63. The summed E-state index contributed by atoms with van der Waals surface area (Å²) in [4.78, 5) is 13.8. The first kappa shape index (κ1) is 10.2. The monoisotopic (exact) mass is 190 g/mol. The summed E-state index contributed by atoms with van der Waals surface area (Å²) in [6.07, 6.45) is 0.857. The predicted octanol–water partition coefficient (Wildman–Crippen LogP) is 1.57. The molecule has 0 N–H and O–H groups in total. The van der Waals surface area contributed by atoms with Crippen molar-refractivity contribution in [1.29, 1.82) is 0 Å². The Morgan fingerprint density at radius 3 is 2.64 bits per heavy atom. The van der Waals surface area contributed by atoms with Crippen molar-refractivity contribution in [3.63, 3.8) is 0 Å². The van der Waals surface area contributed by atoms with E-state index < -0.39 is 0 Å². The topological polar surface area (TPSA) is 62.7 Å². The van der Waals surface area contributed by atoms with E-state index in [1.165, 1.54) is 0 Å². The molecule has 14 heavy (non-hydrogen) atoms. The molecule has 0 aliphatic carbocycles. The maximum atomic E-state index is 11.2. The maximum absolute atomic E-state index is 11.2. The summed E-state index contributed by atoms with van der Waals surface area (Å²) in [5.74, 6) is 0.375. The van der Waals surface area contributed by atoms with Gasteiger partial charge in [-0.3, -0.25) is 4.79 Å². The van der Waals surface area contributed by atoms with Crippen LogP contribution in [0.5, 0.6) is 5.75 Å². The van der Waals surface area contributed by atoms with Gasteiger partial charge >= 0.3 is 6.21 Å². The van der Waals surface area contributed by atoms with E-state index in [1.54, 1.807) is 24.3 Å². The molecule has 1 aromatic carbocycles. The van der Waals surface area contributed by atoms with E-state index in [2.05, 4.69) is 4.79 Å². The van der Waals surface area contributed by atoms with Gasteiger partial charge in [0.1, 0.15) is 5.75 Å². The van der Waals surface area contributed by atoms with Crippen molar-refractivity contribution < 1.29 is 14.3 Å². The lowest BCUT2D eigenvalue weighted by Gasteiger charge is -2.01. The normalized spacial score (nSPS) is 8.93. The SMILES string of the molecule is CCOc1ccc(C(=O)C=[N+]=[N-])cc1. The lowest BCUT2D eigenvalue weighted by molar-refractivity contribution is 0.00234. The molecule has 4 heteroatoms. The molecule has 72 valence electrons. The van der Waals surface area contributed by atoms with Crippen molar-refractivity contribution >= 4 is 12.0 Å². The van der Waals surface area contributed by atoms with Crippen LogP contribution in [0.25, 0.3) is 5.53 Å². The van der Waals surface area contributed by atoms with Crippen LogP contribution in [0.2, 0.25) is 0 Å². The first-order valence-electron chi connectivity index (χ1n) is 4.22. The molecule has 0 fully saturated rings. The molecule has 0 radical (unpaired) electrons. The van der Waals surface area contributed by atoms with E-state index in [1.807, 2.05) is 6.92 Å². The van der Waals surface area contributed by atoms with Gasteiger partial charge in [0.15, 0.2) is 0 Å². The van der Waals surface area contributed by atoms with Gasteiger partial charge in [-0.2, -0.15) is 4.79 Å². The standard InChI is InChI=1S/C10H10N2O2/c1-2-14-9-5-3-8(4-6-9)10(13)7-12-11/h3-7H,2H2,1H3. The molecule has 0 aliphatic rings.